The number of nitrogens with one attached hydrogen (secondary N) is 2. The summed E-state index contributed by atoms with van der Waals surface area (Å²) in [6.07, 6.45) is 1.53. The van der Waals surface area contributed by atoms with Gasteiger partial charge >= 0.3 is 6.03 Å². The summed E-state index contributed by atoms with van der Waals surface area (Å²) in [4.78, 5) is 29.2. The van der Waals surface area contributed by atoms with Crippen molar-refractivity contribution >= 4 is 23.3 Å². The highest BCUT2D eigenvalue weighted by atomic mass is 19.1. The number of benzene rings is 2. The van der Waals surface area contributed by atoms with Crippen molar-refractivity contribution in [2.45, 2.75) is 44.7 Å². The first-order valence-electron chi connectivity index (χ1n) is 11.8. The molecule has 8 heteroatoms. The second kappa shape index (κ2) is 8.49. The van der Waals surface area contributed by atoms with Gasteiger partial charge in [-0.15, -0.1) is 0 Å². The van der Waals surface area contributed by atoms with Gasteiger partial charge in [-0.3, -0.25) is 4.79 Å². The van der Waals surface area contributed by atoms with E-state index in [1.54, 1.807) is 37.1 Å². The Hall–Kier alpha value is -3.29. The second-order valence-electron chi connectivity index (χ2n) is 9.75. The lowest BCUT2D eigenvalue weighted by Gasteiger charge is -2.55. The molecule has 3 heterocycles. The maximum absolute atomic E-state index is 14.0. The summed E-state index contributed by atoms with van der Waals surface area (Å²) in [5, 5.41) is 6.38. The van der Waals surface area contributed by atoms with Gasteiger partial charge < -0.3 is 25.2 Å². The first-order chi connectivity index (χ1) is 16.3. The third kappa shape index (κ3) is 3.65. The van der Waals surface area contributed by atoms with Crippen LogP contribution in [0.25, 0.3) is 0 Å². The van der Waals surface area contributed by atoms with Crippen LogP contribution in [0.4, 0.5) is 20.6 Å². The smallest absolute Gasteiger partial charge is 0.321 e. The summed E-state index contributed by atoms with van der Waals surface area (Å²) in [5.74, 6) is 0.653. The van der Waals surface area contributed by atoms with E-state index in [1.807, 2.05) is 17.0 Å². The minimum Gasteiger partial charge on any atom is -0.497 e. The fourth-order valence-electron chi connectivity index (χ4n) is 6.18. The number of halogens is 1. The van der Waals surface area contributed by atoms with E-state index in [2.05, 4.69) is 23.6 Å². The van der Waals surface area contributed by atoms with Crippen LogP contribution in [0.1, 0.15) is 38.2 Å². The van der Waals surface area contributed by atoms with Gasteiger partial charge in [0.15, 0.2) is 0 Å². The van der Waals surface area contributed by atoms with Gasteiger partial charge in [-0.05, 0) is 43.5 Å². The summed E-state index contributed by atoms with van der Waals surface area (Å²) < 4.78 is 19.4. The average Bonchev–Trinajstić information content (AvgIpc) is 3.23. The minimum atomic E-state index is -0.449. The molecule has 2 aromatic carbocycles. The lowest BCUT2D eigenvalue weighted by molar-refractivity contribution is -0.138. The zero-order valence-electron chi connectivity index (χ0n) is 19.8. The number of carbonyl (C=O) groups is 2. The molecule has 3 aliphatic rings. The molecule has 34 heavy (non-hydrogen) atoms. The summed E-state index contributed by atoms with van der Waals surface area (Å²) in [6.45, 7) is 5.51. The monoisotopic (exact) mass is 466 g/mol. The highest BCUT2D eigenvalue weighted by Gasteiger charge is 2.56. The molecule has 5 rings (SSSR count). The number of hydrogen-bond donors (Lipinski definition) is 2. The number of carbonyl (C=O) groups excluding carboxylic acids is 2. The number of fused-ring (bicyclic) bond motifs is 4. The van der Waals surface area contributed by atoms with Crippen molar-refractivity contribution < 1.29 is 18.7 Å². The molecule has 3 amide bonds. The molecule has 0 aliphatic carbocycles. The molecule has 0 radical (unpaired) electrons. The molecule has 3 unspecified atom stereocenters. The summed E-state index contributed by atoms with van der Waals surface area (Å²) in [6, 6.07) is 12.2. The van der Waals surface area contributed by atoms with Crippen molar-refractivity contribution in [3.63, 3.8) is 0 Å². The summed E-state index contributed by atoms with van der Waals surface area (Å²) >= 11 is 0. The highest BCUT2D eigenvalue weighted by Crippen LogP contribution is 2.56. The maximum Gasteiger partial charge on any atom is 0.321 e. The van der Waals surface area contributed by atoms with Crippen molar-refractivity contribution in [1.29, 1.82) is 0 Å². The van der Waals surface area contributed by atoms with Crippen molar-refractivity contribution in [1.82, 2.24) is 9.80 Å². The van der Waals surface area contributed by atoms with Crippen LogP contribution in [0.2, 0.25) is 0 Å². The Balaban J connectivity index is 1.40. The van der Waals surface area contributed by atoms with Crippen LogP contribution in [0.15, 0.2) is 42.5 Å². The molecule has 180 valence electrons. The molecule has 2 saturated heterocycles. The maximum atomic E-state index is 14.0. The van der Waals surface area contributed by atoms with Gasteiger partial charge in [0.1, 0.15) is 11.6 Å². The zero-order valence-corrected chi connectivity index (χ0v) is 19.8. The van der Waals surface area contributed by atoms with E-state index in [9.17, 15) is 14.0 Å². The number of para-hydroxylation sites is 1. The van der Waals surface area contributed by atoms with Crippen LogP contribution in [-0.4, -0.2) is 60.6 Å². The number of hydrogen-bond acceptors (Lipinski definition) is 4. The van der Waals surface area contributed by atoms with Crippen LogP contribution in [0, 0.1) is 11.2 Å². The lowest BCUT2D eigenvalue weighted by Crippen LogP contribution is -2.63. The molecule has 1 spiro atoms. The first-order valence-corrected chi connectivity index (χ1v) is 11.8. The molecule has 0 saturated carbocycles. The molecule has 0 bridgehead atoms. The van der Waals surface area contributed by atoms with E-state index in [0.717, 1.165) is 24.3 Å². The van der Waals surface area contributed by atoms with Crippen LogP contribution >= 0.6 is 0 Å². The standard InChI is InChI=1S/C26H31FN4O3/c1-16-24-23(19-9-8-18(34-3)14-22(19)28-24)26(15-31(16)17(2)32)10-12-30(13-11-26)25(33)29-21-7-5-4-6-20(21)27/h4-9,14,16,23-24,28H,10-13,15H2,1-3H3,(H,29,33). The van der Waals surface area contributed by atoms with Crippen molar-refractivity contribution in [2.75, 3.05) is 37.4 Å². The Morgan fingerprint density at radius 3 is 2.59 bits per heavy atom. The Kier molecular flexibility index (Phi) is 5.62. The normalized spacial score (nSPS) is 24.8. The fraction of sp³-hybridized carbons (Fsp3) is 0.462. The predicted molar refractivity (Wildman–Crippen MR) is 129 cm³/mol. The van der Waals surface area contributed by atoms with Crippen molar-refractivity contribution in [3.8, 4) is 5.75 Å². The van der Waals surface area contributed by atoms with Gasteiger partial charge in [-0.1, -0.05) is 18.2 Å². The number of likely N-dealkylation sites (tertiary alicyclic amines) is 2. The average molecular weight is 467 g/mol. The predicted octanol–water partition coefficient (Wildman–Crippen LogP) is 4.28. The third-order valence-corrected chi connectivity index (χ3v) is 8.00. The molecule has 2 fully saturated rings. The van der Waals surface area contributed by atoms with Gasteiger partial charge in [-0.2, -0.15) is 0 Å². The van der Waals surface area contributed by atoms with Crippen LogP contribution < -0.4 is 15.4 Å². The Morgan fingerprint density at radius 1 is 1.18 bits per heavy atom. The second-order valence-corrected chi connectivity index (χ2v) is 9.75. The molecular weight excluding hydrogens is 435 g/mol. The van der Waals surface area contributed by atoms with E-state index in [4.69, 9.17) is 4.74 Å². The number of rotatable bonds is 2. The number of anilines is 2. The minimum absolute atomic E-state index is 0.0499. The summed E-state index contributed by atoms with van der Waals surface area (Å²) in [5.41, 5.74) is 2.35. The Morgan fingerprint density at radius 2 is 1.91 bits per heavy atom. The van der Waals surface area contributed by atoms with Gasteiger partial charge in [0.05, 0.1) is 18.8 Å². The van der Waals surface area contributed by atoms with Gasteiger partial charge in [-0.25, -0.2) is 9.18 Å². The molecular formula is C26H31FN4O3. The Labute approximate surface area is 199 Å². The third-order valence-electron chi connectivity index (χ3n) is 8.00. The number of amides is 3. The van der Waals surface area contributed by atoms with E-state index in [1.165, 1.54) is 11.6 Å². The molecule has 3 aliphatic heterocycles. The number of urea groups is 1. The zero-order chi connectivity index (χ0) is 24.0. The quantitative estimate of drug-likeness (QED) is 0.693. The van der Waals surface area contributed by atoms with Crippen molar-refractivity contribution in [3.05, 3.63) is 53.8 Å². The molecule has 2 N–H and O–H groups in total. The van der Waals surface area contributed by atoms with E-state index in [-0.39, 0.29) is 41.0 Å². The largest absolute Gasteiger partial charge is 0.497 e. The van der Waals surface area contributed by atoms with E-state index < -0.39 is 5.82 Å². The lowest BCUT2D eigenvalue weighted by atomic mass is 9.61. The van der Waals surface area contributed by atoms with E-state index >= 15 is 0 Å². The number of ether oxygens (including phenoxy) is 1. The summed E-state index contributed by atoms with van der Waals surface area (Å²) in [7, 11) is 1.66. The van der Waals surface area contributed by atoms with Crippen LogP contribution in [0.3, 0.4) is 0 Å². The number of methoxy groups -OCH3 is 1. The van der Waals surface area contributed by atoms with Crippen LogP contribution in [-0.2, 0) is 4.79 Å². The molecule has 7 nitrogen and oxygen atoms in total. The molecule has 0 aromatic heterocycles. The highest BCUT2D eigenvalue weighted by molar-refractivity contribution is 5.89. The van der Waals surface area contributed by atoms with Crippen LogP contribution in [0.5, 0.6) is 5.75 Å². The SMILES string of the molecule is COc1ccc2c(c1)NC1C(C)N(C(C)=O)CC3(CCN(C(=O)Nc4ccccc4F)CC3)C21. The molecule has 3 atom stereocenters. The van der Waals surface area contributed by atoms with E-state index in [0.29, 0.717) is 19.6 Å². The van der Waals surface area contributed by atoms with Gasteiger partial charge in [0, 0.05) is 55.7 Å². The first kappa shape index (κ1) is 22.5. The Bertz CT molecular complexity index is 1110. The number of piperidine rings is 2. The fourth-order valence-corrected chi connectivity index (χ4v) is 6.18. The number of nitrogens with zero attached hydrogens (tertiary/aromatic N) is 2. The molecule has 2 aromatic rings. The van der Waals surface area contributed by atoms with Gasteiger partial charge in [0.25, 0.3) is 0 Å². The van der Waals surface area contributed by atoms with Gasteiger partial charge in [0.2, 0.25) is 5.91 Å². The topological polar surface area (TPSA) is 73.9 Å². The van der Waals surface area contributed by atoms with Crippen molar-refractivity contribution in [2.24, 2.45) is 5.41 Å².